The summed E-state index contributed by atoms with van der Waals surface area (Å²) in [5.74, 6) is 1.50. The Hall–Kier alpha value is -0.910. The van der Waals surface area contributed by atoms with Crippen LogP contribution in [-0.2, 0) is 14.9 Å². The Morgan fingerprint density at radius 1 is 1.30 bits per heavy atom. The molecule has 1 fully saturated rings. The van der Waals surface area contributed by atoms with Gasteiger partial charge in [0.25, 0.3) is 0 Å². The summed E-state index contributed by atoms with van der Waals surface area (Å²) in [4.78, 5) is 8.94. The fourth-order valence-electron chi connectivity index (χ4n) is 1.86. The lowest BCUT2D eigenvalue weighted by atomic mass is 9.95. The van der Waals surface area contributed by atoms with Gasteiger partial charge in [0, 0.05) is 17.5 Å². The second-order valence-electron chi connectivity index (χ2n) is 6.01. The average Bonchev–Trinajstić information content (AvgIpc) is 2.40. The van der Waals surface area contributed by atoms with Crippen LogP contribution in [0.5, 0.6) is 0 Å². The fraction of sp³-hybridized carbons (Fsp3) is 0.714. The fourth-order valence-corrected chi connectivity index (χ4v) is 2.03. The van der Waals surface area contributed by atoms with Gasteiger partial charge in [-0.2, -0.15) is 0 Å². The zero-order chi connectivity index (χ0) is 14.8. The molecule has 0 spiro atoms. The molecule has 1 aromatic rings. The highest BCUT2D eigenvalue weighted by Gasteiger charge is 2.21. The summed E-state index contributed by atoms with van der Waals surface area (Å²) < 4.78 is 11.0. The van der Waals surface area contributed by atoms with E-state index in [0.717, 1.165) is 17.2 Å². The lowest BCUT2D eigenvalue weighted by Crippen LogP contribution is -2.34. The minimum absolute atomic E-state index is 0.0509. The molecule has 5 nitrogen and oxygen atoms in total. The Kier molecular flexibility index (Phi) is 4.83. The number of ether oxygens (including phenoxy) is 2. The summed E-state index contributed by atoms with van der Waals surface area (Å²) in [7, 11) is 0. The smallest absolute Gasteiger partial charge is 0.137 e. The standard InChI is InChI=1S/C14H22ClN3O2/c1-9-11(15)17-13(14(2,3)4)18-12(9)16-7-10-8-19-5-6-20-10/h10H,5-8H2,1-4H3,(H,16,17,18). The maximum atomic E-state index is 6.20. The molecular formula is C14H22ClN3O2. The molecule has 1 aliphatic heterocycles. The van der Waals surface area contributed by atoms with E-state index in [9.17, 15) is 0 Å². The Morgan fingerprint density at radius 3 is 2.65 bits per heavy atom. The van der Waals surface area contributed by atoms with Crippen LogP contribution < -0.4 is 5.32 Å². The van der Waals surface area contributed by atoms with Crippen LogP contribution in [0, 0.1) is 6.92 Å². The number of halogens is 1. The number of nitrogens with one attached hydrogen (secondary N) is 1. The van der Waals surface area contributed by atoms with Gasteiger partial charge in [0.15, 0.2) is 0 Å². The third-order valence-electron chi connectivity index (χ3n) is 3.14. The molecule has 1 N–H and O–H groups in total. The maximum absolute atomic E-state index is 6.20. The first-order valence-corrected chi connectivity index (χ1v) is 7.23. The summed E-state index contributed by atoms with van der Waals surface area (Å²) in [6.45, 7) is 10.7. The van der Waals surface area contributed by atoms with E-state index in [1.165, 1.54) is 0 Å². The first-order chi connectivity index (χ1) is 9.38. The minimum Gasteiger partial charge on any atom is -0.376 e. The molecule has 0 saturated carbocycles. The Labute approximate surface area is 125 Å². The zero-order valence-corrected chi connectivity index (χ0v) is 13.3. The van der Waals surface area contributed by atoms with Gasteiger partial charge in [0.05, 0.1) is 25.9 Å². The lowest BCUT2D eigenvalue weighted by molar-refractivity contribution is -0.0819. The van der Waals surface area contributed by atoms with Crippen LogP contribution in [0.1, 0.15) is 32.2 Å². The highest BCUT2D eigenvalue weighted by atomic mass is 35.5. The number of rotatable bonds is 3. The van der Waals surface area contributed by atoms with Crippen LogP contribution in [-0.4, -0.2) is 42.4 Å². The van der Waals surface area contributed by atoms with E-state index in [2.05, 4.69) is 36.1 Å². The number of hydrogen-bond donors (Lipinski definition) is 1. The molecule has 0 aliphatic carbocycles. The van der Waals surface area contributed by atoms with Crippen LogP contribution in [0.3, 0.4) is 0 Å². The zero-order valence-electron chi connectivity index (χ0n) is 12.5. The number of nitrogens with zero attached hydrogens (tertiary/aromatic N) is 2. The molecule has 2 rings (SSSR count). The van der Waals surface area contributed by atoms with Crippen molar-refractivity contribution >= 4 is 17.4 Å². The molecule has 112 valence electrons. The second-order valence-corrected chi connectivity index (χ2v) is 6.37. The molecule has 1 atom stereocenters. The highest BCUT2D eigenvalue weighted by Crippen LogP contribution is 2.26. The molecule has 2 heterocycles. The SMILES string of the molecule is Cc1c(Cl)nc(C(C)(C)C)nc1NCC1COCCO1. The van der Waals surface area contributed by atoms with E-state index in [-0.39, 0.29) is 11.5 Å². The molecule has 0 aromatic carbocycles. The van der Waals surface area contributed by atoms with Crippen molar-refractivity contribution in [3.63, 3.8) is 0 Å². The first kappa shape index (κ1) is 15.5. The second kappa shape index (κ2) is 6.24. The van der Waals surface area contributed by atoms with E-state index < -0.39 is 0 Å². The molecular weight excluding hydrogens is 278 g/mol. The number of hydrogen-bond acceptors (Lipinski definition) is 5. The van der Waals surface area contributed by atoms with Gasteiger partial charge >= 0.3 is 0 Å². The van der Waals surface area contributed by atoms with Crippen molar-refractivity contribution in [2.24, 2.45) is 0 Å². The maximum Gasteiger partial charge on any atom is 0.137 e. The molecule has 6 heteroatoms. The van der Waals surface area contributed by atoms with Crippen molar-refractivity contribution in [1.82, 2.24) is 9.97 Å². The van der Waals surface area contributed by atoms with Gasteiger partial charge in [-0.05, 0) is 6.92 Å². The molecule has 20 heavy (non-hydrogen) atoms. The van der Waals surface area contributed by atoms with Crippen LogP contribution >= 0.6 is 11.6 Å². The van der Waals surface area contributed by atoms with Crippen molar-refractivity contribution in [3.8, 4) is 0 Å². The van der Waals surface area contributed by atoms with Crippen molar-refractivity contribution in [2.75, 3.05) is 31.7 Å². The van der Waals surface area contributed by atoms with Crippen molar-refractivity contribution in [3.05, 3.63) is 16.5 Å². The van der Waals surface area contributed by atoms with Crippen LogP contribution in [0.2, 0.25) is 5.15 Å². The third kappa shape index (κ3) is 3.81. The van der Waals surface area contributed by atoms with E-state index in [1.807, 2.05) is 6.92 Å². The molecule has 0 radical (unpaired) electrons. The van der Waals surface area contributed by atoms with E-state index in [0.29, 0.717) is 31.5 Å². The van der Waals surface area contributed by atoms with Crippen molar-refractivity contribution < 1.29 is 9.47 Å². The average molecular weight is 300 g/mol. The van der Waals surface area contributed by atoms with Gasteiger partial charge in [-0.3, -0.25) is 0 Å². The van der Waals surface area contributed by atoms with Gasteiger partial charge in [-0.1, -0.05) is 32.4 Å². The normalized spacial score (nSPS) is 19.9. The monoisotopic (exact) mass is 299 g/mol. The van der Waals surface area contributed by atoms with Crippen LogP contribution in [0.4, 0.5) is 5.82 Å². The Morgan fingerprint density at radius 2 is 2.05 bits per heavy atom. The highest BCUT2D eigenvalue weighted by molar-refractivity contribution is 6.30. The largest absolute Gasteiger partial charge is 0.376 e. The molecule has 1 unspecified atom stereocenters. The predicted molar refractivity (Wildman–Crippen MR) is 79.5 cm³/mol. The third-order valence-corrected chi connectivity index (χ3v) is 3.51. The van der Waals surface area contributed by atoms with Gasteiger partial charge in [0.1, 0.15) is 16.8 Å². The predicted octanol–water partition coefficient (Wildman–Crippen LogP) is 2.56. The quantitative estimate of drug-likeness (QED) is 0.869. The van der Waals surface area contributed by atoms with Gasteiger partial charge in [-0.15, -0.1) is 0 Å². The van der Waals surface area contributed by atoms with Gasteiger partial charge in [0.2, 0.25) is 0 Å². The van der Waals surface area contributed by atoms with Crippen molar-refractivity contribution in [1.29, 1.82) is 0 Å². The topological polar surface area (TPSA) is 56.3 Å². The van der Waals surface area contributed by atoms with Crippen LogP contribution in [0.25, 0.3) is 0 Å². The van der Waals surface area contributed by atoms with Crippen molar-refractivity contribution in [2.45, 2.75) is 39.2 Å². The summed E-state index contributed by atoms with van der Waals surface area (Å²) in [6.07, 6.45) is 0.0509. The van der Waals surface area contributed by atoms with Gasteiger partial charge in [-0.25, -0.2) is 9.97 Å². The van der Waals surface area contributed by atoms with Crippen LogP contribution in [0.15, 0.2) is 0 Å². The van der Waals surface area contributed by atoms with E-state index in [4.69, 9.17) is 21.1 Å². The summed E-state index contributed by atoms with van der Waals surface area (Å²) >= 11 is 6.20. The molecule has 0 bridgehead atoms. The number of aromatic nitrogens is 2. The molecule has 0 amide bonds. The molecule has 1 aromatic heterocycles. The van der Waals surface area contributed by atoms with E-state index in [1.54, 1.807) is 0 Å². The Balaban J connectivity index is 2.11. The Bertz CT molecular complexity index is 468. The number of anilines is 1. The summed E-state index contributed by atoms with van der Waals surface area (Å²) in [6, 6.07) is 0. The molecule has 1 saturated heterocycles. The summed E-state index contributed by atoms with van der Waals surface area (Å²) in [5, 5.41) is 3.79. The minimum atomic E-state index is -0.141. The first-order valence-electron chi connectivity index (χ1n) is 6.86. The van der Waals surface area contributed by atoms with E-state index >= 15 is 0 Å². The molecule has 1 aliphatic rings. The van der Waals surface area contributed by atoms with Gasteiger partial charge < -0.3 is 14.8 Å². The summed E-state index contributed by atoms with van der Waals surface area (Å²) in [5.41, 5.74) is 0.717. The lowest BCUT2D eigenvalue weighted by Gasteiger charge is -2.24.